The number of hydrogen-bond acceptors (Lipinski definition) is 4. The number of nitrogens with zero attached hydrogens (tertiary/aromatic N) is 2. The number of rotatable bonds is 6. The Kier molecular flexibility index (Phi) is 4.20. The molecule has 1 heterocycles. The highest BCUT2D eigenvalue weighted by Crippen LogP contribution is 2.18. The Hall–Kier alpha value is -2.21. The van der Waals surface area contributed by atoms with Crippen molar-refractivity contribution in [3.63, 3.8) is 0 Å². The molecule has 6 nitrogen and oxygen atoms in total. The van der Waals surface area contributed by atoms with Gasteiger partial charge in [-0.3, -0.25) is 14.5 Å². The van der Waals surface area contributed by atoms with Crippen LogP contribution < -0.4 is 10.9 Å². The fourth-order valence-corrected chi connectivity index (χ4v) is 2.41. The SMILES string of the molecule is CCN(CC(=O)NC1CC1)Cc1nc2ccccc2c(=O)[nH]1. The molecule has 1 aliphatic rings. The van der Waals surface area contributed by atoms with Crippen molar-refractivity contribution in [2.24, 2.45) is 0 Å². The molecule has 1 aromatic carbocycles. The molecule has 0 saturated heterocycles. The third-order valence-electron chi connectivity index (χ3n) is 3.79. The molecule has 0 spiro atoms. The summed E-state index contributed by atoms with van der Waals surface area (Å²) < 4.78 is 0. The van der Waals surface area contributed by atoms with Gasteiger partial charge in [0.15, 0.2) is 0 Å². The maximum atomic E-state index is 12.1. The van der Waals surface area contributed by atoms with E-state index in [0.717, 1.165) is 12.8 Å². The number of carbonyl (C=O) groups excluding carboxylic acids is 1. The highest BCUT2D eigenvalue weighted by atomic mass is 16.2. The smallest absolute Gasteiger partial charge is 0.258 e. The first-order valence-electron chi connectivity index (χ1n) is 7.65. The summed E-state index contributed by atoms with van der Waals surface area (Å²) in [5, 5.41) is 3.56. The number of carbonyl (C=O) groups is 1. The third kappa shape index (κ3) is 3.51. The summed E-state index contributed by atoms with van der Waals surface area (Å²) in [6.45, 7) is 3.48. The van der Waals surface area contributed by atoms with Crippen LogP contribution in [0.2, 0.25) is 0 Å². The number of aromatic amines is 1. The van der Waals surface area contributed by atoms with Crippen molar-refractivity contribution in [1.82, 2.24) is 20.2 Å². The second-order valence-electron chi connectivity index (χ2n) is 5.67. The molecule has 116 valence electrons. The molecule has 0 aliphatic heterocycles. The predicted molar refractivity (Wildman–Crippen MR) is 84.5 cm³/mol. The summed E-state index contributed by atoms with van der Waals surface area (Å²) in [5.41, 5.74) is 0.541. The quantitative estimate of drug-likeness (QED) is 0.835. The summed E-state index contributed by atoms with van der Waals surface area (Å²) in [6.07, 6.45) is 2.16. The van der Waals surface area contributed by atoms with Crippen molar-refractivity contribution in [3.05, 3.63) is 40.4 Å². The normalized spacial score (nSPS) is 14.5. The van der Waals surface area contributed by atoms with Crippen LogP contribution in [0.5, 0.6) is 0 Å². The van der Waals surface area contributed by atoms with Gasteiger partial charge in [-0.1, -0.05) is 19.1 Å². The third-order valence-corrected chi connectivity index (χ3v) is 3.79. The first-order valence-corrected chi connectivity index (χ1v) is 7.65. The van der Waals surface area contributed by atoms with Crippen LogP contribution in [-0.2, 0) is 11.3 Å². The minimum Gasteiger partial charge on any atom is -0.352 e. The Morgan fingerprint density at radius 1 is 1.41 bits per heavy atom. The summed E-state index contributed by atoms with van der Waals surface area (Å²) >= 11 is 0. The lowest BCUT2D eigenvalue weighted by atomic mass is 10.2. The van der Waals surface area contributed by atoms with E-state index in [0.29, 0.717) is 42.4 Å². The van der Waals surface area contributed by atoms with Crippen molar-refractivity contribution in [3.8, 4) is 0 Å². The molecule has 0 unspecified atom stereocenters. The largest absolute Gasteiger partial charge is 0.352 e. The number of benzene rings is 1. The Bertz CT molecular complexity index is 736. The zero-order valence-corrected chi connectivity index (χ0v) is 12.6. The van der Waals surface area contributed by atoms with Crippen LogP contribution in [0.3, 0.4) is 0 Å². The van der Waals surface area contributed by atoms with Crippen LogP contribution in [0, 0.1) is 0 Å². The molecular formula is C16H20N4O2. The van der Waals surface area contributed by atoms with Crippen LogP contribution in [0.1, 0.15) is 25.6 Å². The molecule has 2 aromatic rings. The molecule has 1 aromatic heterocycles. The second kappa shape index (κ2) is 6.27. The highest BCUT2D eigenvalue weighted by molar-refractivity contribution is 5.78. The Balaban J connectivity index is 1.72. The Morgan fingerprint density at radius 2 is 2.18 bits per heavy atom. The van der Waals surface area contributed by atoms with Gasteiger partial charge in [0, 0.05) is 6.04 Å². The van der Waals surface area contributed by atoms with Gasteiger partial charge in [-0.2, -0.15) is 0 Å². The van der Waals surface area contributed by atoms with Gasteiger partial charge in [-0.05, 0) is 31.5 Å². The molecule has 22 heavy (non-hydrogen) atoms. The lowest BCUT2D eigenvalue weighted by molar-refractivity contribution is -0.122. The molecule has 0 bridgehead atoms. The number of hydrogen-bond donors (Lipinski definition) is 2. The molecule has 1 amide bonds. The second-order valence-corrected chi connectivity index (χ2v) is 5.67. The first kappa shape index (κ1) is 14.7. The minimum absolute atomic E-state index is 0.0347. The first-order chi connectivity index (χ1) is 10.7. The van der Waals surface area contributed by atoms with Crippen LogP contribution in [0.4, 0.5) is 0 Å². The molecule has 6 heteroatoms. The van der Waals surface area contributed by atoms with Gasteiger partial charge in [0.1, 0.15) is 5.82 Å². The van der Waals surface area contributed by atoms with E-state index in [9.17, 15) is 9.59 Å². The van der Waals surface area contributed by atoms with Gasteiger partial charge in [0.25, 0.3) is 5.56 Å². The lowest BCUT2D eigenvalue weighted by Crippen LogP contribution is -2.38. The summed E-state index contributed by atoms with van der Waals surface area (Å²) in [5.74, 6) is 0.622. The highest BCUT2D eigenvalue weighted by Gasteiger charge is 2.24. The van der Waals surface area contributed by atoms with Crippen LogP contribution >= 0.6 is 0 Å². The molecule has 1 aliphatic carbocycles. The van der Waals surface area contributed by atoms with Crippen LogP contribution in [-0.4, -0.2) is 39.9 Å². The molecule has 3 rings (SSSR count). The maximum Gasteiger partial charge on any atom is 0.258 e. The summed E-state index contributed by atoms with van der Waals surface area (Å²) in [4.78, 5) is 33.2. The Labute approximate surface area is 128 Å². The fourth-order valence-electron chi connectivity index (χ4n) is 2.41. The van der Waals surface area contributed by atoms with E-state index >= 15 is 0 Å². The molecule has 1 saturated carbocycles. The van der Waals surface area contributed by atoms with Crippen molar-refractivity contribution in [1.29, 1.82) is 0 Å². The van der Waals surface area contributed by atoms with Gasteiger partial charge in [-0.25, -0.2) is 4.98 Å². The van der Waals surface area contributed by atoms with E-state index in [1.165, 1.54) is 0 Å². The van der Waals surface area contributed by atoms with Crippen LogP contribution in [0.15, 0.2) is 29.1 Å². The molecule has 0 atom stereocenters. The van der Waals surface area contributed by atoms with E-state index in [-0.39, 0.29) is 11.5 Å². The van der Waals surface area contributed by atoms with E-state index in [1.54, 1.807) is 6.07 Å². The summed E-state index contributed by atoms with van der Waals surface area (Å²) in [6, 6.07) is 7.62. The maximum absolute atomic E-state index is 12.1. The van der Waals surface area contributed by atoms with E-state index in [4.69, 9.17) is 0 Å². The van der Waals surface area contributed by atoms with Gasteiger partial charge < -0.3 is 10.3 Å². The van der Waals surface area contributed by atoms with E-state index in [2.05, 4.69) is 15.3 Å². The minimum atomic E-state index is -0.140. The number of likely N-dealkylation sites (N-methyl/N-ethyl adjacent to an activating group) is 1. The van der Waals surface area contributed by atoms with E-state index < -0.39 is 0 Å². The molecule has 1 fully saturated rings. The fraction of sp³-hybridized carbons (Fsp3) is 0.438. The topological polar surface area (TPSA) is 78.1 Å². The van der Waals surface area contributed by atoms with E-state index in [1.807, 2.05) is 30.0 Å². The molecule has 0 radical (unpaired) electrons. The van der Waals surface area contributed by atoms with Gasteiger partial charge in [-0.15, -0.1) is 0 Å². The molecular weight excluding hydrogens is 280 g/mol. The number of aromatic nitrogens is 2. The van der Waals surface area contributed by atoms with Gasteiger partial charge >= 0.3 is 0 Å². The van der Waals surface area contributed by atoms with Crippen LogP contribution in [0.25, 0.3) is 10.9 Å². The van der Waals surface area contributed by atoms with Crippen molar-refractivity contribution in [2.45, 2.75) is 32.4 Å². The monoisotopic (exact) mass is 300 g/mol. The van der Waals surface area contributed by atoms with Crippen molar-refractivity contribution in [2.75, 3.05) is 13.1 Å². The zero-order valence-electron chi connectivity index (χ0n) is 12.6. The van der Waals surface area contributed by atoms with Crippen molar-refractivity contribution < 1.29 is 4.79 Å². The number of nitrogens with one attached hydrogen (secondary N) is 2. The lowest BCUT2D eigenvalue weighted by Gasteiger charge is -2.19. The average Bonchev–Trinajstić information content (AvgIpc) is 3.30. The predicted octanol–water partition coefficient (Wildman–Crippen LogP) is 1.02. The number of H-pyrrole nitrogens is 1. The standard InChI is InChI=1S/C16H20N4O2/c1-2-20(10-15(21)17-11-7-8-11)9-14-18-13-6-4-3-5-12(13)16(22)19-14/h3-6,11H,2,7-10H2,1H3,(H,17,21)(H,18,19,22). The number of amides is 1. The number of para-hydroxylation sites is 1. The Morgan fingerprint density at radius 3 is 2.91 bits per heavy atom. The van der Waals surface area contributed by atoms with Crippen molar-refractivity contribution >= 4 is 16.8 Å². The van der Waals surface area contributed by atoms with Gasteiger partial charge in [0.05, 0.1) is 24.0 Å². The van der Waals surface area contributed by atoms with Gasteiger partial charge in [0.2, 0.25) is 5.91 Å². The zero-order chi connectivity index (χ0) is 15.5. The summed E-state index contributed by atoms with van der Waals surface area (Å²) in [7, 11) is 0. The molecule has 2 N–H and O–H groups in total. The number of fused-ring (bicyclic) bond motifs is 1. The average molecular weight is 300 g/mol.